The van der Waals surface area contributed by atoms with Gasteiger partial charge in [0.2, 0.25) is 17.7 Å². The zero-order valence-corrected chi connectivity index (χ0v) is 20.6. The molecule has 3 aliphatic heterocycles. The molecule has 4 heterocycles. The van der Waals surface area contributed by atoms with Gasteiger partial charge in [0.15, 0.2) is 0 Å². The number of rotatable bonds is 7. The van der Waals surface area contributed by atoms with Crippen molar-refractivity contribution < 1.29 is 23.2 Å². The third-order valence-corrected chi connectivity index (χ3v) is 7.52. The lowest BCUT2D eigenvalue weighted by molar-refractivity contribution is -0.194. The van der Waals surface area contributed by atoms with Crippen molar-refractivity contribution in [2.45, 2.75) is 75.5 Å². The normalized spacial score (nSPS) is 28.4. The van der Waals surface area contributed by atoms with Crippen molar-refractivity contribution in [3.8, 4) is 6.07 Å². The van der Waals surface area contributed by atoms with Crippen molar-refractivity contribution in [1.29, 1.82) is 5.26 Å². The Balaban J connectivity index is 1.52. The van der Waals surface area contributed by atoms with E-state index in [0.717, 1.165) is 6.42 Å². The number of alkyl halides is 2. The molecule has 2 bridgehead atoms. The van der Waals surface area contributed by atoms with Crippen LogP contribution >= 0.6 is 11.6 Å². The molecule has 1 aromatic rings. The van der Waals surface area contributed by atoms with Crippen LogP contribution in [0.3, 0.4) is 0 Å². The molecule has 4 aliphatic rings. The summed E-state index contributed by atoms with van der Waals surface area (Å²) in [7, 11) is 0. The van der Waals surface area contributed by atoms with E-state index in [2.05, 4.69) is 20.9 Å². The number of hydrogen-bond donors (Lipinski definition) is 3. The highest BCUT2D eigenvalue weighted by atomic mass is 35.5. The van der Waals surface area contributed by atoms with Crippen LogP contribution in [0.15, 0.2) is 18.5 Å². The second kappa shape index (κ2) is 10.5. The van der Waals surface area contributed by atoms with Crippen molar-refractivity contribution >= 4 is 35.0 Å². The third kappa shape index (κ3) is 5.38. The number of aromatic nitrogens is 1. The highest BCUT2D eigenvalue weighted by Gasteiger charge is 2.60. The first-order valence-electron chi connectivity index (χ1n) is 12.2. The number of piperidine rings is 3. The van der Waals surface area contributed by atoms with Gasteiger partial charge in [0.1, 0.15) is 18.1 Å². The van der Waals surface area contributed by atoms with Crippen LogP contribution < -0.4 is 16.0 Å². The van der Waals surface area contributed by atoms with E-state index in [1.165, 1.54) is 17.3 Å². The maximum atomic E-state index is 14.9. The molecule has 1 aliphatic carbocycles. The minimum atomic E-state index is -3.11. The van der Waals surface area contributed by atoms with E-state index in [-0.39, 0.29) is 18.7 Å². The van der Waals surface area contributed by atoms with Crippen LogP contribution in [-0.4, -0.2) is 64.2 Å². The summed E-state index contributed by atoms with van der Waals surface area (Å²) in [6.07, 6.45) is 4.30. The van der Waals surface area contributed by atoms with E-state index in [4.69, 9.17) is 11.6 Å². The van der Waals surface area contributed by atoms with Crippen molar-refractivity contribution in [3.05, 3.63) is 23.5 Å². The lowest BCUT2D eigenvalue weighted by atomic mass is 9.71. The van der Waals surface area contributed by atoms with Crippen LogP contribution in [0, 0.1) is 23.2 Å². The Morgan fingerprint density at radius 3 is 2.81 bits per heavy atom. The number of anilines is 1. The van der Waals surface area contributed by atoms with Crippen molar-refractivity contribution in [1.82, 2.24) is 20.5 Å². The van der Waals surface area contributed by atoms with E-state index >= 15 is 0 Å². The fourth-order valence-corrected chi connectivity index (χ4v) is 5.77. The van der Waals surface area contributed by atoms with E-state index in [1.54, 1.807) is 13.0 Å². The molecule has 194 valence electrons. The van der Waals surface area contributed by atoms with Gasteiger partial charge in [0.25, 0.3) is 5.92 Å². The number of carbonyl (C=O) groups is 3. The standard InChI is InChI=1S/C24H29ClF2N6O3/c1-13(31-17-8-15(25)11-29-12-17)23(36)33-18-4-5-19(24(26,27)9-18)20(33)22(35)32-16(10-28)7-14-3-2-6-30-21(14)34/h8,11-14,16,18-20,31H,2-7,9H2,1H3,(H,30,34)(H,32,35)/t13-,14+,16-,18+,19+,20-/m0/s1. The number of halogens is 3. The summed E-state index contributed by atoms with van der Waals surface area (Å²) in [5.41, 5.74) is 0.479. The Labute approximate surface area is 212 Å². The van der Waals surface area contributed by atoms with Crippen molar-refractivity contribution in [3.63, 3.8) is 0 Å². The van der Waals surface area contributed by atoms with Gasteiger partial charge in [-0.25, -0.2) is 8.78 Å². The first-order valence-corrected chi connectivity index (χ1v) is 12.5. The minimum Gasteiger partial charge on any atom is -0.373 e. The van der Waals surface area contributed by atoms with Gasteiger partial charge in [-0.3, -0.25) is 19.4 Å². The van der Waals surface area contributed by atoms with Crippen LogP contribution in [0.4, 0.5) is 14.5 Å². The molecule has 5 rings (SSSR count). The Kier molecular flexibility index (Phi) is 7.64. The number of amides is 3. The van der Waals surface area contributed by atoms with E-state index < -0.39 is 60.2 Å². The van der Waals surface area contributed by atoms with Crippen molar-refractivity contribution in [2.75, 3.05) is 11.9 Å². The summed E-state index contributed by atoms with van der Waals surface area (Å²) in [5, 5.41) is 18.3. The highest BCUT2D eigenvalue weighted by Crippen LogP contribution is 2.49. The fourth-order valence-electron chi connectivity index (χ4n) is 5.60. The molecule has 36 heavy (non-hydrogen) atoms. The molecule has 3 N–H and O–H groups in total. The third-order valence-electron chi connectivity index (χ3n) is 7.31. The second-order valence-electron chi connectivity index (χ2n) is 9.81. The van der Waals surface area contributed by atoms with Crippen LogP contribution in [0.1, 0.15) is 45.4 Å². The zero-order chi connectivity index (χ0) is 26.0. The Morgan fingerprint density at radius 2 is 2.14 bits per heavy atom. The summed E-state index contributed by atoms with van der Waals surface area (Å²) in [4.78, 5) is 44.2. The predicted octanol–water partition coefficient (Wildman–Crippen LogP) is 2.47. The van der Waals surface area contributed by atoms with Crippen LogP contribution in [0.2, 0.25) is 5.02 Å². The molecular weight excluding hydrogens is 494 g/mol. The maximum Gasteiger partial charge on any atom is 0.255 e. The lowest BCUT2D eigenvalue weighted by Gasteiger charge is -2.54. The van der Waals surface area contributed by atoms with Gasteiger partial charge in [-0.05, 0) is 45.1 Å². The van der Waals surface area contributed by atoms with Crippen LogP contribution in [-0.2, 0) is 14.4 Å². The largest absolute Gasteiger partial charge is 0.373 e. The number of nitrogens with zero attached hydrogens (tertiary/aromatic N) is 3. The molecule has 3 amide bonds. The molecule has 1 saturated carbocycles. The average molecular weight is 523 g/mol. The zero-order valence-electron chi connectivity index (χ0n) is 19.8. The number of carbonyl (C=O) groups excluding carboxylic acids is 3. The molecule has 1 aromatic heterocycles. The molecule has 0 spiro atoms. The molecule has 0 radical (unpaired) electrons. The molecule has 6 atom stereocenters. The van der Waals surface area contributed by atoms with E-state index in [9.17, 15) is 28.4 Å². The van der Waals surface area contributed by atoms with Crippen LogP contribution in [0.5, 0.6) is 0 Å². The monoisotopic (exact) mass is 522 g/mol. The minimum absolute atomic E-state index is 0.0823. The number of fused-ring (bicyclic) bond motifs is 3. The van der Waals surface area contributed by atoms with Crippen LogP contribution in [0.25, 0.3) is 0 Å². The quantitative estimate of drug-likeness (QED) is 0.505. The average Bonchev–Trinajstić information content (AvgIpc) is 2.83. The predicted molar refractivity (Wildman–Crippen MR) is 127 cm³/mol. The van der Waals surface area contributed by atoms with Gasteiger partial charge < -0.3 is 20.9 Å². The Bertz CT molecular complexity index is 1070. The SMILES string of the molecule is C[C@H](Nc1cncc(Cl)c1)C(=O)N1[C@@H]2CC[C@H]([C@H]1C(=O)N[C@H](C#N)C[C@H]1CCCNC1=O)C(F)(F)C2. The van der Waals surface area contributed by atoms with Gasteiger partial charge in [-0.1, -0.05) is 11.6 Å². The van der Waals surface area contributed by atoms with Gasteiger partial charge in [0.05, 0.1) is 28.9 Å². The van der Waals surface area contributed by atoms with Gasteiger partial charge in [-0.15, -0.1) is 0 Å². The van der Waals surface area contributed by atoms with Gasteiger partial charge >= 0.3 is 0 Å². The Hall–Kier alpha value is -3.00. The lowest BCUT2D eigenvalue weighted by Crippen LogP contribution is -2.70. The number of nitrogens with one attached hydrogen (secondary N) is 3. The number of pyridine rings is 1. The number of nitriles is 1. The van der Waals surface area contributed by atoms with Crippen molar-refractivity contribution in [2.24, 2.45) is 11.8 Å². The van der Waals surface area contributed by atoms with E-state index in [0.29, 0.717) is 30.1 Å². The molecule has 4 fully saturated rings. The molecule has 3 saturated heterocycles. The molecule has 0 aromatic carbocycles. The highest BCUT2D eigenvalue weighted by molar-refractivity contribution is 6.30. The first kappa shape index (κ1) is 26.1. The van der Waals surface area contributed by atoms with E-state index in [1.807, 2.05) is 6.07 Å². The fraction of sp³-hybridized carbons (Fsp3) is 0.625. The summed E-state index contributed by atoms with van der Waals surface area (Å²) >= 11 is 5.96. The summed E-state index contributed by atoms with van der Waals surface area (Å²) in [6, 6.07) is -0.547. The number of hydrogen-bond acceptors (Lipinski definition) is 6. The first-order chi connectivity index (χ1) is 17.1. The molecular formula is C24H29ClF2N6O3. The molecule has 0 unspecified atom stereocenters. The topological polar surface area (TPSA) is 127 Å². The summed E-state index contributed by atoms with van der Waals surface area (Å²) in [6.45, 7) is 2.14. The molecule has 12 heteroatoms. The van der Waals surface area contributed by atoms with Gasteiger partial charge in [-0.2, -0.15) is 5.26 Å². The Morgan fingerprint density at radius 1 is 1.36 bits per heavy atom. The molecule has 9 nitrogen and oxygen atoms in total. The maximum absolute atomic E-state index is 14.9. The summed E-state index contributed by atoms with van der Waals surface area (Å²) < 4.78 is 29.8. The van der Waals surface area contributed by atoms with Gasteiger partial charge in [0, 0.05) is 31.1 Å². The second-order valence-corrected chi connectivity index (χ2v) is 10.2. The summed E-state index contributed by atoms with van der Waals surface area (Å²) in [5.74, 6) is -6.39. The smallest absolute Gasteiger partial charge is 0.255 e.